The molecule has 0 bridgehead atoms. The minimum Gasteiger partial charge on any atom is -0.375 e. The number of nitrogens with one attached hydrogen (secondary N) is 1. The largest absolute Gasteiger partial charge is 0.375 e. The molecule has 0 unspecified atom stereocenters. The molecule has 0 fully saturated rings. The lowest BCUT2D eigenvalue weighted by Crippen LogP contribution is -2.36. The van der Waals surface area contributed by atoms with E-state index in [1.165, 1.54) is 11.3 Å². The van der Waals surface area contributed by atoms with Crippen molar-refractivity contribution in [3.05, 3.63) is 51.1 Å². The van der Waals surface area contributed by atoms with Gasteiger partial charge in [0.25, 0.3) is 0 Å². The summed E-state index contributed by atoms with van der Waals surface area (Å²) in [4.78, 5) is 16.2. The molecule has 130 valence electrons. The topological polar surface area (TPSA) is 35.6 Å². The summed E-state index contributed by atoms with van der Waals surface area (Å²) < 4.78 is 1.12. The van der Waals surface area contributed by atoms with Crippen LogP contribution in [0.15, 0.2) is 45.6 Å². The third kappa shape index (κ3) is 6.63. The van der Waals surface area contributed by atoms with Crippen LogP contribution in [0.3, 0.4) is 0 Å². The maximum Gasteiger partial charge on any atom is 0.234 e. The standard InChI is InChI=1S/C18H24BrN3OS/c1-21(12-15-11-17(19)24-14-15)13-18(23)20-9-6-10-22(2)16-7-4-3-5-8-16/h3-5,7-8,11,14H,6,9-10,12-13H2,1-2H3,(H,20,23). The highest BCUT2D eigenvalue weighted by atomic mass is 79.9. The van der Waals surface area contributed by atoms with Crippen LogP contribution in [0.25, 0.3) is 0 Å². The van der Waals surface area contributed by atoms with Crippen LogP contribution in [0.2, 0.25) is 0 Å². The van der Waals surface area contributed by atoms with Crippen molar-refractivity contribution in [3.8, 4) is 0 Å². The Hall–Kier alpha value is -1.37. The average Bonchev–Trinajstić information content (AvgIpc) is 2.96. The van der Waals surface area contributed by atoms with Crippen molar-refractivity contribution >= 4 is 38.9 Å². The van der Waals surface area contributed by atoms with E-state index in [-0.39, 0.29) is 5.91 Å². The van der Waals surface area contributed by atoms with E-state index in [0.717, 1.165) is 23.3 Å². The Bertz CT molecular complexity index is 632. The number of rotatable bonds is 9. The second kappa shape index (κ2) is 9.81. The van der Waals surface area contributed by atoms with Crippen molar-refractivity contribution in [1.29, 1.82) is 0 Å². The number of carbonyl (C=O) groups is 1. The summed E-state index contributed by atoms with van der Waals surface area (Å²) in [6, 6.07) is 12.4. The van der Waals surface area contributed by atoms with Crippen molar-refractivity contribution < 1.29 is 4.79 Å². The molecule has 0 aliphatic carbocycles. The van der Waals surface area contributed by atoms with Gasteiger partial charge >= 0.3 is 0 Å². The summed E-state index contributed by atoms with van der Waals surface area (Å²) >= 11 is 5.13. The Balaban J connectivity index is 1.61. The first-order chi connectivity index (χ1) is 11.5. The lowest BCUT2D eigenvalue weighted by Gasteiger charge is -2.19. The predicted molar refractivity (Wildman–Crippen MR) is 106 cm³/mol. The summed E-state index contributed by atoms with van der Waals surface area (Å²) in [6.45, 7) is 2.82. The highest BCUT2D eigenvalue weighted by molar-refractivity contribution is 9.11. The van der Waals surface area contributed by atoms with Crippen molar-refractivity contribution in [3.63, 3.8) is 0 Å². The number of benzene rings is 1. The molecular weight excluding hydrogens is 386 g/mol. The second-order valence-corrected chi connectivity index (χ2v) is 8.18. The van der Waals surface area contributed by atoms with E-state index in [2.05, 4.69) is 56.8 Å². The van der Waals surface area contributed by atoms with Crippen LogP contribution in [-0.4, -0.2) is 44.5 Å². The normalized spacial score (nSPS) is 10.8. The van der Waals surface area contributed by atoms with Gasteiger partial charge < -0.3 is 10.2 Å². The highest BCUT2D eigenvalue weighted by Crippen LogP contribution is 2.21. The van der Waals surface area contributed by atoms with Crippen LogP contribution < -0.4 is 10.2 Å². The van der Waals surface area contributed by atoms with Gasteiger partial charge in [-0.2, -0.15) is 0 Å². The molecule has 0 aliphatic heterocycles. The summed E-state index contributed by atoms with van der Waals surface area (Å²) in [6.07, 6.45) is 0.929. The van der Waals surface area contributed by atoms with Gasteiger partial charge in [0.05, 0.1) is 10.3 Å². The molecule has 0 saturated carbocycles. The van der Waals surface area contributed by atoms with Gasteiger partial charge in [-0.1, -0.05) is 18.2 Å². The van der Waals surface area contributed by atoms with Crippen molar-refractivity contribution in [2.24, 2.45) is 0 Å². The van der Waals surface area contributed by atoms with Crippen LogP contribution in [0.4, 0.5) is 5.69 Å². The molecule has 1 heterocycles. The maximum atomic E-state index is 12.0. The third-order valence-electron chi connectivity index (χ3n) is 3.68. The van der Waals surface area contributed by atoms with Gasteiger partial charge in [-0.3, -0.25) is 9.69 Å². The molecule has 0 spiro atoms. The Labute approximate surface area is 156 Å². The number of hydrogen-bond acceptors (Lipinski definition) is 4. The Morgan fingerprint density at radius 2 is 2.00 bits per heavy atom. The summed E-state index contributed by atoms with van der Waals surface area (Å²) in [5.41, 5.74) is 2.43. The zero-order chi connectivity index (χ0) is 17.4. The Kier molecular flexibility index (Phi) is 7.75. The zero-order valence-corrected chi connectivity index (χ0v) is 16.6. The number of hydrogen-bond donors (Lipinski definition) is 1. The third-order valence-corrected chi connectivity index (χ3v) is 5.23. The van der Waals surface area contributed by atoms with Gasteiger partial charge in [0.2, 0.25) is 5.91 Å². The van der Waals surface area contributed by atoms with Gasteiger partial charge in [-0.15, -0.1) is 11.3 Å². The van der Waals surface area contributed by atoms with E-state index in [1.807, 2.05) is 30.1 Å². The second-order valence-electron chi connectivity index (χ2n) is 5.89. The van der Waals surface area contributed by atoms with Crippen LogP contribution in [0.1, 0.15) is 12.0 Å². The SMILES string of the molecule is CN(CC(=O)NCCCN(C)c1ccccc1)Cc1csc(Br)c1. The summed E-state index contributed by atoms with van der Waals surface area (Å²) in [5.74, 6) is 0.0779. The molecule has 0 atom stereocenters. The van der Waals surface area contributed by atoms with E-state index in [4.69, 9.17) is 0 Å². The van der Waals surface area contributed by atoms with Gasteiger partial charge in [-0.25, -0.2) is 0 Å². The van der Waals surface area contributed by atoms with E-state index >= 15 is 0 Å². The molecule has 0 saturated heterocycles. The maximum absolute atomic E-state index is 12.0. The molecule has 1 amide bonds. The molecule has 1 aromatic carbocycles. The summed E-state index contributed by atoms with van der Waals surface area (Å²) in [5, 5.41) is 5.11. The Morgan fingerprint density at radius 3 is 2.67 bits per heavy atom. The number of carbonyl (C=O) groups excluding carboxylic acids is 1. The summed E-state index contributed by atoms with van der Waals surface area (Å²) in [7, 11) is 4.04. The van der Waals surface area contributed by atoms with Crippen LogP contribution in [-0.2, 0) is 11.3 Å². The number of nitrogens with zero attached hydrogens (tertiary/aromatic N) is 2. The van der Waals surface area contributed by atoms with Crippen LogP contribution >= 0.6 is 27.3 Å². The van der Waals surface area contributed by atoms with Gasteiger partial charge in [0, 0.05) is 32.4 Å². The fourth-order valence-electron chi connectivity index (χ4n) is 2.45. The van der Waals surface area contributed by atoms with Crippen LogP contribution in [0, 0.1) is 0 Å². The fourth-order valence-corrected chi connectivity index (χ4v) is 3.65. The monoisotopic (exact) mass is 409 g/mol. The molecule has 24 heavy (non-hydrogen) atoms. The first-order valence-electron chi connectivity index (χ1n) is 7.99. The predicted octanol–water partition coefficient (Wildman–Crippen LogP) is 3.59. The first kappa shape index (κ1) is 19.0. The number of amides is 1. The van der Waals surface area contributed by atoms with E-state index in [0.29, 0.717) is 13.1 Å². The molecule has 2 aromatic rings. The molecule has 6 heteroatoms. The van der Waals surface area contributed by atoms with Gasteiger partial charge in [0.15, 0.2) is 0 Å². The number of thiophene rings is 1. The van der Waals surface area contributed by atoms with Crippen LogP contribution in [0.5, 0.6) is 0 Å². The number of likely N-dealkylation sites (N-methyl/N-ethyl adjacent to an activating group) is 1. The van der Waals surface area contributed by atoms with E-state index in [1.54, 1.807) is 11.3 Å². The molecule has 1 N–H and O–H groups in total. The van der Waals surface area contributed by atoms with E-state index < -0.39 is 0 Å². The number of halogens is 1. The lowest BCUT2D eigenvalue weighted by atomic mass is 10.3. The smallest absolute Gasteiger partial charge is 0.234 e. The minimum absolute atomic E-state index is 0.0779. The molecule has 2 rings (SSSR count). The highest BCUT2D eigenvalue weighted by Gasteiger charge is 2.08. The molecular formula is C18H24BrN3OS. The van der Waals surface area contributed by atoms with Crippen molar-refractivity contribution in [2.75, 3.05) is 38.6 Å². The van der Waals surface area contributed by atoms with Gasteiger partial charge in [0.1, 0.15) is 0 Å². The van der Waals surface area contributed by atoms with Gasteiger partial charge in [-0.05, 0) is 58.5 Å². The quantitative estimate of drug-likeness (QED) is 0.642. The average molecular weight is 410 g/mol. The zero-order valence-electron chi connectivity index (χ0n) is 14.2. The number of para-hydroxylation sites is 1. The molecule has 1 aromatic heterocycles. The minimum atomic E-state index is 0.0779. The molecule has 0 aliphatic rings. The van der Waals surface area contributed by atoms with E-state index in [9.17, 15) is 4.79 Å². The first-order valence-corrected chi connectivity index (χ1v) is 9.66. The van der Waals surface area contributed by atoms with Crippen molar-refractivity contribution in [1.82, 2.24) is 10.2 Å². The van der Waals surface area contributed by atoms with Crippen molar-refractivity contribution in [2.45, 2.75) is 13.0 Å². The Morgan fingerprint density at radius 1 is 1.25 bits per heavy atom. The number of anilines is 1. The molecule has 0 radical (unpaired) electrons. The molecule has 4 nitrogen and oxygen atoms in total. The fraction of sp³-hybridized carbons (Fsp3) is 0.389. The lowest BCUT2D eigenvalue weighted by molar-refractivity contribution is -0.122.